The number of hydrogen-bond donors (Lipinski definition) is 0. The molecule has 11 fully saturated rings. The summed E-state index contributed by atoms with van der Waals surface area (Å²) in [5.41, 5.74) is 1.60. The summed E-state index contributed by atoms with van der Waals surface area (Å²) < 4.78 is 0. The highest BCUT2D eigenvalue weighted by Crippen LogP contribution is 2.74. The lowest BCUT2D eigenvalue weighted by atomic mass is 9.33. The second-order valence-corrected chi connectivity index (χ2v) is 13.7. The predicted octanol–water partition coefficient (Wildman–Crippen LogP) is 6.94. The normalized spacial score (nSPS) is 67.6. The predicted molar refractivity (Wildman–Crippen MR) is 107 cm³/mol. The van der Waals surface area contributed by atoms with E-state index in [1.54, 1.807) is 77.0 Å². The quantitative estimate of drug-likeness (QED) is 0.443. The lowest BCUT2D eigenvalue weighted by Gasteiger charge is -2.72. The maximum atomic E-state index is 2.61. The second kappa shape index (κ2) is 4.94. The fourth-order valence-corrected chi connectivity index (χ4v) is 11.8. The van der Waals surface area contributed by atoms with Crippen LogP contribution < -0.4 is 0 Å². The van der Waals surface area contributed by atoms with Crippen molar-refractivity contribution < 1.29 is 0 Å². The molecule has 0 N–H and O–H groups in total. The van der Waals surface area contributed by atoms with Crippen LogP contribution in [0.5, 0.6) is 0 Å². The van der Waals surface area contributed by atoms with E-state index in [-0.39, 0.29) is 0 Å². The molecule has 0 aromatic rings. The van der Waals surface area contributed by atoms with Gasteiger partial charge < -0.3 is 0 Å². The minimum absolute atomic E-state index is 0.799. The maximum absolute atomic E-state index is 2.61. The van der Waals surface area contributed by atoms with E-state index in [9.17, 15) is 0 Å². The summed E-state index contributed by atoms with van der Waals surface area (Å²) in [4.78, 5) is 0. The number of hydrogen-bond acceptors (Lipinski definition) is 0. The fraction of sp³-hybridized carbons (Fsp3) is 1.00. The van der Waals surface area contributed by atoms with Gasteiger partial charge in [0.1, 0.15) is 0 Å². The average Bonchev–Trinajstić information content (AvgIpc) is 2.56. The van der Waals surface area contributed by atoms with Crippen molar-refractivity contribution in [1.29, 1.82) is 0 Å². The van der Waals surface area contributed by atoms with Gasteiger partial charge in [0.2, 0.25) is 0 Å². The first-order chi connectivity index (χ1) is 12.5. The van der Waals surface area contributed by atoms with Gasteiger partial charge in [-0.3, -0.25) is 0 Å². The van der Waals surface area contributed by atoms with Crippen LogP contribution in [0.2, 0.25) is 0 Å². The SMILES string of the molecule is CC12CC3C4CC5CC3C(C1)C(C5)C4C2.CC12CC3CC(CC(C3)C1)C2. The molecule has 11 rings (SSSR count). The highest BCUT2D eigenvalue weighted by molar-refractivity contribution is 5.15. The van der Waals surface area contributed by atoms with Crippen molar-refractivity contribution in [2.45, 2.75) is 90.9 Å². The summed E-state index contributed by atoms with van der Waals surface area (Å²) in [6.07, 6.45) is 19.3. The minimum Gasteiger partial charge on any atom is -0.0596 e. The Kier molecular flexibility index (Phi) is 3.01. The highest BCUT2D eigenvalue weighted by atomic mass is 14.7. The van der Waals surface area contributed by atoms with Gasteiger partial charge in [0.05, 0.1) is 0 Å². The van der Waals surface area contributed by atoms with Gasteiger partial charge in [0.25, 0.3) is 0 Å². The van der Waals surface area contributed by atoms with Gasteiger partial charge in [-0.1, -0.05) is 13.8 Å². The molecule has 0 aliphatic heterocycles. The molecule has 0 radical (unpaired) electrons. The molecular weight excluding hydrogens is 312 g/mol. The Bertz CT molecular complexity index is 518. The molecule has 0 heteroatoms. The van der Waals surface area contributed by atoms with Gasteiger partial charge in [0.15, 0.2) is 0 Å². The maximum Gasteiger partial charge on any atom is -0.0317 e. The fourth-order valence-electron chi connectivity index (χ4n) is 11.8. The molecule has 0 atom stereocenters. The Hall–Kier alpha value is 0. The Morgan fingerprint density at radius 1 is 0.385 bits per heavy atom. The lowest BCUT2D eigenvalue weighted by Crippen LogP contribution is -2.64. The molecule has 0 amide bonds. The van der Waals surface area contributed by atoms with Crippen LogP contribution in [0.1, 0.15) is 90.9 Å². The van der Waals surface area contributed by atoms with E-state index < -0.39 is 0 Å². The third-order valence-corrected chi connectivity index (χ3v) is 11.6. The first-order valence-corrected chi connectivity index (χ1v) is 12.5. The summed E-state index contributed by atoms with van der Waals surface area (Å²) in [6.45, 7) is 5.15. The van der Waals surface area contributed by atoms with Crippen LogP contribution >= 0.6 is 0 Å². The molecule has 0 nitrogen and oxygen atoms in total. The molecule has 0 spiro atoms. The van der Waals surface area contributed by atoms with E-state index in [4.69, 9.17) is 0 Å². The average molecular weight is 353 g/mol. The van der Waals surface area contributed by atoms with Crippen molar-refractivity contribution in [2.24, 2.45) is 70.0 Å². The largest absolute Gasteiger partial charge is 0.0596 e. The molecule has 0 aromatic carbocycles. The van der Waals surface area contributed by atoms with Crippen molar-refractivity contribution in [3.05, 3.63) is 0 Å². The van der Waals surface area contributed by atoms with Crippen LogP contribution in [0.3, 0.4) is 0 Å². The van der Waals surface area contributed by atoms with E-state index in [0.29, 0.717) is 0 Å². The van der Waals surface area contributed by atoms with Gasteiger partial charge in [-0.2, -0.15) is 0 Å². The van der Waals surface area contributed by atoms with E-state index >= 15 is 0 Å². The molecular formula is C26H40. The molecule has 0 heterocycles. The molecule has 0 aromatic heterocycles. The third-order valence-electron chi connectivity index (χ3n) is 11.6. The molecule has 26 heavy (non-hydrogen) atoms. The monoisotopic (exact) mass is 352 g/mol. The van der Waals surface area contributed by atoms with Crippen LogP contribution in [0.25, 0.3) is 0 Å². The second-order valence-electron chi connectivity index (χ2n) is 13.7. The van der Waals surface area contributed by atoms with Crippen LogP contribution in [-0.2, 0) is 0 Å². The third kappa shape index (κ3) is 2.09. The van der Waals surface area contributed by atoms with Crippen molar-refractivity contribution in [2.75, 3.05) is 0 Å². The van der Waals surface area contributed by atoms with Crippen molar-refractivity contribution in [1.82, 2.24) is 0 Å². The molecule has 11 aliphatic rings. The first kappa shape index (κ1) is 15.9. The first-order valence-electron chi connectivity index (χ1n) is 12.5. The highest BCUT2D eigenvalue weighted by Gasteiger charge is 2.66. The van der Waals surface area contributed by atoms with E-state index in [1.165, 1.54) is 41.4 Å². The summed E-state index contributed by atoms with van der Waals surface area (Å²) in [5, 5.41) is 0. The standard InChI is InChI=1S/C15H22.C11H18/c1-15-5-12-9-2-8-3-10(12)14(7-15)11(4-8)13(9)6-15;1-11-5-8-2-9(6-11)4-10(3-8)7-11/h8-14H,2-7H2,1H3;8-10H,2-7H2,1H3. The van der Waals surface area contributed by atoms with Crippen molar-refractivity contribution in [3.63, 3.8) is 0 Å². The topological polar surface area (TPSA) is 0 Å². The van der Waals surface area contributed by atoms with Crippen molar-refractivity contribution in [3.8, 4) is 0 Å². The zero-order chi connectivity index (χ0) is 17.3. The Morgan fingerprint density at radius 2 is 0.731 bits per heavy atom. The van der Waals surface area contributed by atoms with E-state index in [0.717, 1.165) is 28.6 Å². The Balaban J connectivity index is 0.000000104. The summed E-state index contributed by atoms with van der Waals surface area (Å²) in [7, 11) is 0. The number of rotatable bonds is 0. The molecule has 0 unspecified atom stereocenters. The van der Waals surface area contributed by atoms with Gasteiger partial charge in [-0.25, -0.2) is 0 Å². The van der Waals surface area contributed by atoms with Gasteiger partial charge in [0, 0.05) is 0 Å². The zero-order valence-corrected chi connectivity index (χ0v) is 17.3. The van der Waals surface area contributed by atoms with Crippen LogP contribution in [-0.4, -0.2) is 0 Å². The molecule has 11 aliphatic carbocycles. The Morgan fingerprint density at radius 3 is 1.08 bits per heavy atom. The van der Waals surface area contributed by atoms with Gasteiger partial charge in [-0.15, -0.1) is 0 Å². The van der Waals surface area contributed by atoms with Gasteiger partial charge >= 0.3 is 0 Å². The molecule has 12 bridgehead atoms. The van der Waals surface area contributed by atoms with Gasteiger partial charge in [-0.05, 0) is 147 Å². The minimum atomic E-state index is 0.799. The zero-order valence-electron chi connectivity index (χ0n) is 17.3. The van der Waals surface area contributed by atoms with E-state index in [2.05, 4.69) is 13.8 Å². The summed E-state index contributed by atoms with van der Waals surface area (Å²) in [5.74, 6) is 11.8. The lowest BCUT2D eigenvalue weighted by molar-refractivity contribution is -0.228. The molecule has 11 saturated carbocycles. The van der Waals surface area contributed by atoms with Crippen LogP contribution in [0.4, 0.5) is 0 Å². The van der Waals surface area contributed by atoms with E-state index in [1.807, 2.05) is 0 Å². The summed E-state index contributed by atoms with van der Waals surface area (Å²) >= 11 is 0. The van der Waals surface area contributed by atoms with Crippen LogP contribution in [0.15, 0.2) is 0 Å². The molecule has 0 saturated heterocycles. The smallest absolute Gasteiger partial charge is 0.0317 e. The summed E-state index contributed by atoms with van der Waals surface area (Å²) in [6, 6.07) is 0. The van der Waals surface area contributed by atoms with Crippen LogP contribution in [0, 0.1) is 70.0 Å². The molecule has 144 valence electrons. The Labute approximate surface area is 161 Å². The van der Waals surface area contributed by atoms with Crippen molar-refractivity contribution >= 4 is 0 Å².